The number of carbonyl (C=O) groups is 2. The molecule has 2 amide bonds. The van der Waals surface area contributed by atoms with Crippen LogP contribution in [-0.2, 0) is 37.9 Å². The number of hydrogen-bond donors (Lipinski definition) is 0. The van der Waals surface area contributed by atoms with Crippen LogP contribution in [0.1, 0.15) is 22.6 Å². The molecule has 248 valence electrons. The molecule has 1 atom stereocenters. The van der Waals surface area contributed by atoms with E-state index in [0.717, 1.165) is 11.1 Å². The Hall–Kier alpha value is -4.11. The van der Waals surface area contributed by atoms with Crippen LogP contribution in [0, 0.1) is 0 Å². The quantitative estimate of drug-likeness (QED) is 0.247. The van der Waals surface area contributed by atoms with Gasteiger partial charge < -0.3 is 24.2 Å². The van der Waals surface area contributed by atoms with Crippen molar-refractivity contribution in [1.82, 2.24) is 24.1 Å². The predicted octanol–water partition coefficient (Wildman–Crippen LogP) is 3.75. The molecule has 2 aromatic heterocycles. The van der Waals surface area contributed by atoms with E-state index >= 15 is 0 Å². The van der Waals surface area contributed by atoms with Crippen molar-refractivity contribution in [3.8, 4) is 5.88 Å². The highest BCUT2D eigenvalue weighted by Gasteiger charge is 2.50. The van der Waals surface area contributed by atoms with Crippen molar-refractivity contribution in [3.63, 3.8) is 0 Å². The average molecular weight is 679 g/mol. The van der Waals surface area contributed by atoms with Crippen molar-refractivity contribution in [2.75, 3.05) is 65.9 Å². The number of hydrogen-bond acceptors (Lipinski definition) is 10. The molecule has 0 bridgehead atoms. The standard InChI is InChI=1S/C33H38N6O6S2/c1-36(2)16-17-38(20-23-8-6-5-7-9-23)47(42,43)24-10-12-27-25(18-24)33(14-15-37(21-33)32(41)45-4)22-39(27)30(40)19-29-34-26-11-13-28(44-3)35-31(26)46-29/h5-13,18H,14-17,19-22H2,1-4H3/t33-/m0/s1. The van der Waals surface area contributed by atoms with E-state index in [1.54, 1.807) is 41.2 Å². The Balaban J connectivity index is 1.35. The van der Waals surface area contributed by atoms with Gasteiger partial charge in [-0.1, -0.05) is 41.7 Å². The van der Waals surface area contributed by atoms with E-state index in [-0.39, 0.29) is 23.8 Å². The zero-order chi connectivity index (χ0) is 33.3. The van der Waals surface area contributed by atoms with Crippen molar-refractivity contribution in [3.05, 3.63) is 76.8 Å². The van der Waals surface area contributed by atoms with Gasteiger partial charge in [0.25, 0.3) is 0 Å². The summed E-state index contributed by atoms with van der Waals surface area (Å²) in [5, 5.41) is 0.618. The molecule has 4 heterocycles. The summed E-state index contributed by atoms with van der Waals surface area (Å²) >= 11 is 1.34. The molecule has 0 unspecified atom stereocenters. The van der Waals surface area contributed by atoms with Crippen LogP contribution in [0.3, 0.4) is 0 Å². The van der Waals surface area contributed by atoms with Gasteiger partial charge in [-0.15, -0.1) is 0 Å². The molecule has 0 saturated carbocycles. The third kappa shape index (κ3) is 6.55. The van der Waals surface area contributed by atoms with Gasteiger partial charge in [0, 0.05) is 56.4 Å². The minimum absolute atomic E-state index is 0.0506. The van der Waals surface area contributed by atoms with Gasteiger partial charge in [-0.3, -0.25) is 4.79 Å². The zero-order valence-electron chi connectivity index (χ0n) is 26.9. The Morgan fingerprint density at radius 3 is 2.51 bits per heavy atom. The van der Waals surface area contributed by atoms with E-state index in [0.29, 0.717) is 66.1 Å². The normalized spacial score (nSPS) is 17.7. The summed E-state index contributed by atoms with van der Waals surface area (Å²) in [4.78, 5) is 41.7. The molecule has 1 fully saturated rings. The van der Waals surface area contributed by atoms with Crippen LogP contribution in [-0.4, -0.2) is 106 Å². The maximum absolute atomic E-state index is 14.3. The second kappa shape index (κ2) is 13.2. The first-order chi connectivity index (χ1) is 22.5. The van der Waals surface area contributed by atoms with Gasteiger partial charge in [-0.05, 0) is 55.9 Å². The lowest BCUT2D eigenvalue weighted by Gasteiger charge is -2.26. The number of likely N-dealkylation sites (tertiary alicyclic amines) is 1. The minimum atomic E-state index is -3.93. The number of benzene rings is 2. The predicted molar refractivity (Wildman–Crippen MR) is 179 cm³/mol. The van der Waals surface area contributed by atoms with Crippen LogP contribution in [0.15, 0.2) is 65.6 Å². The Morgan fingerprint density at radius 2 is 1.79 bits per heavy atom. The second-order valence-corrected chi connectivity index (χ2v) is 15.2. The summed E-state index contributed by atoms with van der Waals surface area (Å²) in [6.45, 7) is 2.12. The van der Waals surface area contributed by atoms with Crippen molar-refractivity contribution in [2.24, 2.45) is 0 Å². The van der Waals surface area contributed by atoms with Crippen LogP contribution in [0.2, 0.25) is 0 Å². The number of nitrogens with zero attached hydrogens (tertiary/aromatic N) is 6. The van der Waals surface area contributed by atoms with Gasteiger partial charge >= 0.3 is 6.09 Å². The molecule has 4 aromatic rings. The number of pyridine rings is 1. The summed E-state index contributed by atoms with van der Waals surface area (Å²) in [5.74, 6) is 0.304. The molecule has 6 rings (SSSR count). The fraction of sp³-hybridized carbons (Fsp3) is 0.394. The number of fused-ring (bicyclic) bond motifs is 3. The van der Waals surface area contributed by atoms with Gasteiger partial charge in [-0.25, -0.2) is 23.2 Å². The third-order valence-electron chi connectivity index (χ3n) is 8.80. The molecule has 2 aromatic carbocycles. The van der Waals surface area contributed by atoms with Crippen LogP contribution in [0.4, 0.5) is 10.5 Å². The Kier molecular flexibility index (Phi) is 9.20. The molecule has 0 aliphatic carbocycles. The van der Waals surface area contributed by atoms with Crippen molar-refractivity contribution < 1.29 is 27.5 Å². The summed E-state index contributed by atoms with van der Waals surface area (Å²) < 4.78 is 40.3. The first-order valence-corrected chi connectivity index (χ1v) is 17.6. The van der Waals surface area contributed by atoms with E-state index < -0.39 is 21.5 Å². The lowest BCUT2D eigenvalue weighted by molar-refractivity contribution is -0.118. The summed E-state index contributed by atoms with van der Waals surface area (Å²) in [7, 11) is 2.78. The summed E-state index contributed by atoms with van der Waals surface area (Å²) in [6.07, 6.45) is 0.156. The third-order valence-corrected chi connectivity index (χ3v) is 11.6. The first-order valence-electron chi connectivity index (χ1n) is 15.3. The lowest BCUT2D eigenvalue weighted by atomic mass is 9.81. The number of sulfonamides is 1. The number of methoxy groups -OCH3 is 2. The molecule has 1 saturated heterocycles. The van der Waals surface area contributed by atoms with Crippen LogP contribution in [0.25, 0.3) is 10.3 Å². The van der Waals surface area contributed by atoms with E-state index in [2.05, 4.69) is 9.97 Å². The van der Waals surface area contributed by atoms with E-state index in [1.165, 1.54) is 22.8 Å². The second-order valence-electron chi connectivity index (χ2n) is 12.2. The monoisotopic (exact) mass is 678 g/mol. The SMILES string of the molecule is COC(=O)N1CC[C@]2(C1)CN(C(=O)Cc1nc3ccc(OC)nc3s1)c1ccc(S(=O)(=O)N(CCN(C)C)Cc3ccccc3)cc12. The number of anilines is 1. The molecule has 2 aliphatic rings. The number of aromatic nitrogens is 2. The number of ether oxygens (including phenoxy) is 2. The number of carbonyl (C=O) groups excluding carboxylic acids is 2. The molecule has 0 radical (unpaired) electrons. The van der Waals surface area contributed by atoms with Gasteiger partial charge in [0.05, 0.1) is 25.5 Å². The Morgan fingerprint density at radius 1 is 1.00 bits per heavy atom. The maximum Gasteiger partial charge on any atom is 0.409 e. The molecule has 1 spiro atoms. The Bertz CT molecular complexity index is 1900. The highest BCUT2D eigenvalue weighted by molar-refractivity contribution is 7.89. The Labute approximate surface area is 278 Å². The largest absolute Gasteiger partial charge is 0.481 e. The van der Waals surface area contributed by atoms with E-state index in [9.17, 15) is 18.0 Å². The zero-order valence-corrected chi connectivity index (χ0v) is 28.5. The molecular formula is C33H38N6O6S2. The summed E-state index contributed by atoms with van der Waals surface area (Å²) in [5.41, 5.74) is 2.30. The van der Waals surface area contributed by atoms with Gasteiger partial charge in [0.2, 0.25) is 21.8 Å². The van der Waals surface area contributed by atoms with Crippen LogP contribution < -0.4 is 9.64 Å². The van der Waals surface area contributed by atoms with Crippen LogP contribution in [0.5, 0.6) is 5.88 Å². The molecule has 47 heavy (non-hydrogen) atoms. The van der Waals surface area contributed by atoms with E-state index in [4.69, 9.17) is 9.47 Å². The van der Waals surface area contributed by atoms with Crippen LogP contribution >= 0.6 is 11.3 Å². The summed E-state index contributed by atoms with van der Waals surface area (Å²) in [6, 6.07) is 18.1. The van der Waals surface area contributed by atoms with Gasteiger partial charge in [-0.2, -0.15) is 4.31 Å². The van der Waals surface area contributed by atoms with Crippen molar-refractivity contribution in [2.45, 2.75) is 29.7 Å². The minimum Gasteiger partial charge on any atom is -0.481 e. The van der Waals surface area contributed by atoms with Crippen molar-refractivity contribution in [1.29, 1.82) is 0 Å². The number of likely N-dealkylation sites (N-methyl/N-ethyl adjacent to an activating group) is 1. The smallest absolute Gasteiger partial charge is 0.409 e. The topological polar surface area (TPSA) is 125 Å². The highest BCUT2D eigenvalue weighted by atomic mass is 32.2. The highest BCUT2D eigenvalue weighted by Crippen LogP contribution is 2.48. The molecule has 14 heteroatoms. The number of amides is 2. The average Bonchev–Trinajstić information content (AvgIpc) is 3.77. The fourth-order valence-electron chi connectivity index (χ4n) is 6.33. The fourth-order valence-corrected chi connectivity index (χ4v) is 8.69. The van der Waals surface area contributed by atoms with Crippen molar-refractivity contribution >= 4 is 49.4 Å². The molecule has 0 N–H and O–H groups in total. The first kappa shape index (κ1) is 32.8. The van der Waals surface area contributed by atoms with E-state index in [1.807, 2.05) is 55.4 Å². The number of thiazole rings is 1. The maximum atomic E-state index is 14.3. The van der Waals surface area contributed by atoms with Gasteiger partial charge in [0.1, 0.15) is 15.4 Å². The van der Waals surface area contributed by atoms with Gasteiger partial charge in [0.15, 0.2) is 0 Å². The molecule has 12 nitrogen and oxygen atoms in total. The molecule has 2 aliphatic heterocycles. The lowest BCUT2D eigenvalue weighted by Crippen LogP contribution is -2.40. The number of rotatable bonds is 10. The molecular weight excluding hydrogens is 641 g/mol.